The van der Waals surface area contributed by atoms with E-state index in [1.165, 1.54) is 74.5 Å². The lowest BCUT2D eigenvalue weighted by Crippen LogP contribution is -2.57. The Labute approximate surface area is 236 Å². The van der Waals surface area contributed by atoms with Gasteiger partial charge in [0.1, 0.15) is 0 Å². The summed E-state index contributed by atoms with van der Waals surface area (Å²) in [6.45, 7) is 7.87. The normalized spacial score (nSPS) is 34.8. The predicted octanol–water partition coefficient (Wildman–Crippen LogP) is 8.22. The molecule has 0 radical (unpaired) electrons. The van der Waals surface area contributed by atoms with Gasteiger partial charge in [0.25, 0.3) is 0 Å². The highest BCUT2D eigenvalue weighted by Crippen LogP contribution is 2.57. The van der Waals surface area contributed by atoms with Crippen molar-refractivity contribution in [3.8, 4) is 0 Å². The highest BCUT2D eigenvalue weighted by atomic mass is 15.0. The van der Waals surface area contributed by atoms with E-state index >= 15 is 0 Å². The molecule has 4 bridgehead atoms. The average molecular weight is 519 g/mol. The Kier molecular flexibility index (Phi) is 7.06. The van der Waals surface area contributed by atoms with Gasteiger partial charge in [-0.3, -0.25) is 0 Å². The number of rotatable bonds is 5. The van der Waals surface area contributed by atoms with Crippen molar-refractivity contribution in [1.29, 1.82) is 0 Å². The highest BCUT2D eigenvalue weighted by molar-refractivity contribution is 5.41. The first kappa shape index (κ1) is 26.5. The van der Waals surface area contributed by atoms with Gasteiger partial charge in [-0.1, -0.05) is 110 Å². The van der Waals surface area contributed by atoms with E-state index in [2.05, 4.69) is 110 Å². The second-order valence-electron chi connectivity index (χ2n) is 13.3. The Bertz CT molecular complexity index is 1250. The van der Waals surface area contributed by atoms with Crippen LogP contribution >= 0.6 is 0 Å². The van der Waals surface area contributed by atoms with Crippen LogP contribution in [0.4, 0.5) is 0 Å². The zero-order valence-corrected chi connectivity index (χ0v) is 23.8. The van der Waals surface area contributed by atoms with Crippen LogP contribution in [0, 0.1) is 5.92 Å². The minimum atomic E-state index is 0.163. The molecule has 3 aromatic carbocycles. The first-order valence-corrected chi connectivity index (χ1v) is 15.2. The molecule has 0 aliphatic heterocycles. The summed E-state index contributed by atoms with van der Waals surface area (Å²) in [5.41, 5.74) is 13.3. The van der Waals surface area contributed by atoms with Crippen LogP contribution in [0.1, 0.15) is 87.8 Å². The molecule has 6 fully saturated rings. The van der Waals surface area contributed by atoms with Gasteiger partial charge in [-0.15, -0.1) is 0 Å². The number of benzene rings is 3. The van der Waals surface area contributed by atoms with Gasteiger partial charge >= 0.3 is 0 Å². The Morgan fingerprint density at radius 2 is 1.26 bits per heavy atom. The third-order valence-corrected chi connectivity index (χ3v) is 11.3. The first-order valence-electron chi connectivity index (χ1n) is 15.2. The van der Waals surface area contributed by atoms with Crippen molar-refractivity contribution in [3.63, 3.8) is 0 Å². The number of fused-ring (bicyclic) bond motifs is 6. The summed E-state index contributed by atoms with van der Waals surface area (Å²) in [5, 5.41) is 3.88. The van der Waals surface area contributed by atoms with Gasteiger partial charge in [-0.05, 0) is 92.2 Å². The fraction of sp³-hybridized carbons (Fsp3) is 0.459. The van der Waals surface area contributed by atoms with E-state index in [4.69, 9.17) is 5.73 Å². The van der Waals surface area contributed by atoms with Crippen molar-refractivity contribution in [2.75, 3.05) is 0 Å². The third kappa shape index (κ3) is 4.92. The van der Waals surface area contributed by atoms with E-state index in [9.17, 15) is 0 Å². The number of nitrogens with two attached hydrogens (primary N) is 1. The number of nitrogens with one attached hydrogen (secondary N) is 1. The van der Waals surface area contributed by atoms with Crippen LogP contribution in [0.5, 0.6) is 0 Å². The van der Waals surface area contributed by atoms with Gasteiger partial charge < -0.3 is 11.1 Å². The molecule has 0 spiro atoms. The van der Waals surface area contributed by atoms with Crippen molar-refractivity contribution in [2.24, 2.45) is 11.7 Å². The maximum absolute atomic E-state index is 6.42. The van der Waals surface area contributed by atoms with Crippen LogP contribution < -0.4 is 11.1 Å². The molecule has 3 N–H and O–H groups in total. The Morgan fingerprint density at radius 3 is 1.79 bits per heavy atom. The minimum Gasteiger partial charge on any atom is -0.325 e. The topological polar surface area (TPSA) is 38.0 Å². The molecular weight excluding hydrogens is 472 g/mol. The third-order valence-electron chi connectivity index (χ3n) is 11.3. The van der Waals surface area contributed by atoms with Crippen molar-refractivity contribution in [2.45, 2.75) is 99.6 Å². The molecule has 9 rings (SSSR count). The number of hydrogen-bond acceptors (Lipinski definition) is 2. The number of hydrogen-bond donors (Lipinski definition) is 2. The fourth-order valence-corrected chi connectivity index (χ4v) is 8.68. The molecule has 1 unspecified atom stereocenters. The summed E-state index contributed by atoms with van der Waals surface area (Å²) in [5.74, 6) is 0.738. The predicted molar refractivity (Wildman–Crippen MR) is 164 cm³/mol. The molecule has 0 heterocycles. The second-order valence-corrected chi connectivity index (χ2v) is 13.3. The zero-order valence-electron chi connectivity index (χ0n) is 23.8. The van der Waals surface area contributed by atoms with Crippen LogP contribution in [0.25, 0.3) is 0 Å². The molecular formula is C37H46N2. The Morgan fingerprint density at radius 1 is 0.718 bits per heavy atom. The van der Waals surface area contributed by atoms with E-state index in [1.807, 2.05) is 0 Å². The fourth-order valence-electron chi connectivity index (χ4n) is 8.68. The van der Waals surface area contributed by atoms with E-state index in [-0.39, 0.29) is 16.5 Å². The molecule has 0 aromatic heterocycles. The maximum atomic E-state index is 6.42. The SMILES string of the molecule is C=C1CC2(NCc3ccccc3)CCC1(c1ccccc1)CC2.CC1CC2(N)CCC1(c1ccccc1)CC2. The van der Waals surface area contributed by atoms with E-state index in [1.54, 1.807) is 5.56 Å². The summed E-state index contributed by atoms with van der Waals surface area (Å²) in [4.78, 5) is 0. The molecule has 6 saturated carbocycles. The molecule has 0 saturated heterocycles. The van der Waals surface area contributed by atoms with Crippen molar-refractivity contribution in [1.82, 2.24) is 5.32 Å². The molecule has 6 aliphatic rings. The van der Waals surface area contributed by atoms with Crippen LogP contribution in [-0.4, -0.2) is 11.1 Å². The zero-order chi connectivity index (χ0) is 27.0. The van der Waals surface area contributed by atoms with Gasteiger partial charge in [0.15, 0.2) is 0 Å². The summed E-state index contributed by atoms with van der Waals surface area (Å²) in [6.07, 6.45) is 12.3. The molecule has 2 heteroatoms. The first-order chi connectivity index (χ1) is 18.9. The van der Waals surface area contributed by atoms with Crippen LogP contribution in [0.2, 0.25) is 0 Å². The van der Waals surface area contributed by atoms with Gasteiger partial charge in [0, 0.05) is 23.0 Å². The van der Waals surface area contributed by atoms with Gasteiger partial charge in [0.2, 0.25) is 0 Å². The van der Waals surface area contributed by atoms with Crippen molar-refractivity contribution in [3.05, 3.63) is 120 Å². The van der Waals surface area contributed by atoms with E-state index in [0.29, 0.717) is 5.41 Å². The van der Waals surface area contributed by atoms with Gasteiger partial charge in [0.05, 0.1) is 0 Å². The lowest BCUT2D eigenvalue weighted by atomic mass is 9.51. The van der Waals surface area contributed by atoms with Crippen molar-refractivity contribution >= 4 is 0 Å². The maximum Gasteiger partial charge on any atom is 0.0222 e. The summed E-state index contributed by atoms with van der Waals surface area (Å²) >= 11 is 0. The van der Waals surface area contributed by atoms with Crippen LogP contribution in [0.3, 0.4) is 0 Å². The lowest BCUT2D eigenvalue weighted by molar-refractivity contribution is 0.0499. The molecule has 3 aromatic rings. The molecule has 0 amide bonds. The van der Waals surface area contributed by atoms with Gasteiger partial charge in [-0.25, -0.2) is 0 Å². The smallest absolute Gasteiger partial charge is 0.0222 e. The standard InChI is InChI=1S/C22H25N.C15H21N/c1-18-16-21(23-17-19-8-4-2-5-9-19)12-14-22(18,15-13-21)20-10-6-3-7-11-20;1-12-11-14(16)7-9-15(12,10-8-14)13-5-3-2-4-6-13/h2-11,23H,1,12-17H2;2-6,12H,7-11,16H2,1H3. The Balaban J connectivity index is 0.000000151. The lowest BCUT2D eigenvalue weighted by Gasteiger charge is -2.56. The summed E-state index contributed by atoms with van der Waals surface area (Å²) in [7, 11) is 0. The summed E-state index contributed by atoms with van der Waals surface area (Å²) < 4.78 is 0. The van der Waals surface area contributed by atoms with E-state index < -0.39 is 0 Å². The largest absolute Gasteiger partial charge is 0.325 e. The van der Waals surface area contributed by atoms with Crippen LogP contribution in [0.15, 0.2) is 103 Å². The van der Waals surface area contributed by atoms with Crippen LogP contribution in [-0.2, 0) is 17.4 Å². The van der Waals surface area contributed by atoms with Gasteiger partial charge in [-0.2, -0.15) is 0 Å². The highest BCUT2D eigenvalue weighted by Gasteiger charge is 2.52. The molecule has 39 heavy (non-hydrogen) atoms. The average Bonchev–Trinajstić information content (AvgIpc) is 2.99. The van der Waals surface area contributed by atoms with Crippen molar-refractivity contribution < 1.29 is 0 Å². The second kappa shape index (κ2) is 10.4. The molecule has 204 valence electrons. The minimum absolute atomic E-state index is 0.163. The van der Waals surface area contributed by atoms with E-state index in [0.717, 1.165) is 18.9 Å². The summed E-state index contributed by atoms with van der Waals surface area (Å²) in [6, 6.07) is 32.9. The molecule has 6 aliphatic carbocycles. The quantitative estimate of drug-likeness (QED) is 0.334. The molecule has 1 atom stereocenters. The Hall–Kier alpha value is -2.68. The monoisotopic (exact) mass is 518 g/mol. The molecule has 2 nitrogen and oxygen atoms in total.